The highest BCUT2D eigenvalue weighted by Crippen LogP contribution is 2.31. The highest BCUT2D eigenvalue weighted by atomic mass is 35.5. The Bertz CT molecular complexity index is 886. The number of hydrogen-bond donors (Lipinski definition) is 1. The molecule has 0 spiro atoms. The summed E-state index contributed by atoms with van der Waals surface area (Å²) >= 11 is 7.56. The minimum Gasteiger partial charge on any atom is -0.298 e. The lowest BCUT2D eigenvalue weighted by Crippen LogP contribution is -2.11. The molecule has 3 rings (SSSR count). The molecule has 0 fully saturated rings. The number of aromatic nitrogens is 1. The molecule has 2 aromatic carbocycles. The summed E-state index contributed by atoms with van der Waals surface area (Å²) in [4.78, 5) is 16.8. The maximum Gasteiger partial charge on any atom is 0.257 e. The number of halogens is 1. The van der Waals surface area contributed by atoms with E-state index in [0.29, 0.717) is 15.7 Å². The second kappa shape index (κ2) is 5.71. The standard InChI is InChI=1S/C17H15ClN2OS/c1-9-4-5-12(8-10(9)2)16(21)20-17-19-15-11(3)13(18)6-7-14(15)22-17/h4-8H,1-3H3,(H,19,20,21). The summed E-state index contributed by atoms with van der Waals surface area (Å²) in [5, 5.41) is 4.14. The number of thiazole rings is 1. The van der Waals surface area contributed by atoms with Crippen molar-refractivity contribution in [1.82, 2.24) is 4.98 Å². The van der Waals surface area contributed by atoms with E-state index in [4.69, 9.17) is 11.6 Å². The maximum absolute atomic E-state index is 12.3. The molecule has 1 aromatic heterocycles. The monoisotopic (exact) mass is 330 g/mol. The zero-order valence-corrected chi connectivity index (χ0v) is 14.1. The lowest BCUT2D eigenvalue weighted by Gasteiger charge is -2.04. The average Bonchev–Trinajstić information content (AvgIpc) is 2.89. The third kappa shape index (κ3) is 2.72. The number of carbonyl (C=O) groups is 1. The lowest BCUT2D eigenvalue weighted by molar-refractivity contribution is 0.102. The van der Waals surface area contributed by atoms with Gasteiger partial charge in [0, 0.05) is 10.6 Å². The molecule has 0 unspecified atom stereocenters. The second-order valence-corrected chi connectivity index (χ2v) is 6.73. The van der Waals surface area contributed by atoms with Crippen LogP contribution in [0.4, 0.5) is 5.13 Å². The second-order valence-electron chi connectivity index (χ2n) is 5.29. The maximum atomic E-state index is 12.3. The van der Waals surface area contributed by atoms with E-state index in [1.54, 1.807) is 0 Å². The van der Waals surface area contributed by atoms with Gasteiger partial charge in [0.25, 0.3) is 5.91 Å². The molecule has 0 aliphatic heterocycles. The van der Waals surface area contributed by atoms with Crippen LogP contribution in [0.15, 0.2) is 30.3 Å². The van der Waals surface area contributed by atoms with Gasteiger partial charge in [0.2, 0.25) is 0 Å². The van der Waals surface area contributed by atoms with Crippen LogP contribution in [0.2, 0.25) is 5.02 Å². The number of anilines is 1. The van der Waals surface area contributed by atoms with Crippen LogP contribution in [0.1, 0.15) is 27.0 Å². The van der Waals surface area contributed by atoms with Gasteiger partial charge in [-0.1, -0.05) is 29.0 Å². The van der Waals surface area contributed by atoms with E-state index >= 15 is 0 Å². The van der Waals surface area contributed by atoms with Crippen molar-refractivity contribution in [2.45, 2.75) is 20.8 Å². The Morgan fingerprint density at radius 2 is 1.91 bits per heavy atom. The molecule has 0 aliphatic rings. The first kappa shape index (κ1) is 15.0. The van der Waals surface area contributed by atoms with Crippen molar-refractivity contribution in [3.8, 4) is 0 Å². The lowest BCUT2D eigenvalue weighted by atomic mass is 10.1. The van der Waals surface area contributed by atoms with Crippen LogP contribution >= 0.6 is 22.9 Å². The first-order valence-electron chi connectivity index (χ1n) is 6.90. The molecule has 1 heterocycles. The van der Waals surface area contributed by atoms with Crippen LogP contribution in [0.3, 0.4) is 0 Å². The topological polar surface area (TPSA) is 42.0 Å². The van der Waals surface area contributed by atoms with Gasteiger partial charge in [0.05, 0.1) is 10.2 Å². The van der Waals surface area contributed by atoms with Gasteiger partial charge >= 0.3 is 0 Å². The Labute approximate surface area is 138 Å². The zero-order chi connectivity index (χ0) is 15.9. The summed E-state index contributed by atoms with van der Waals surface area (Å²) in [5.41, 5.74) is 4.67. The number of rotatable bonds is 2. The van der Waals surface area contributed by atoms with Crippen LogP contribution in [-0.2, 0) is 0 Å². The van der Waals surface area contributed by atoms with Crippen LogP contribution in [0.25, 0.3) is 10.2 Å². The van der Waals surface area contributed by atoms with E-state index < -0.39 is 0 Å². The highest BCUT2D eigenvalue weighted by molar-refractivity contribution is 7.22. The summed E-state index contributed by atoms with van der Waals surface area (Å²) in [6, 6.07) is 9.44. The highest BCUT2D eigenvalue weighted by Gasteiger charge is 2.12. The Morgan fingerprint density at radius 3 is 2.64 bits per heavy atom. The number of fused-ring (bicyclic) bond motifs is 1. The van der Waals surface area contributed by atoms with Crippen molar-refractivity contribution in [3.05, 3.63) is 57.6 Å². The number of benzene rings is 2. The van der Waals surface area contributed by atoms with Gasteiger partial charge in [-0.3, -0.25) is 10.1 Å². The molecule has 22 heavy (non-hydrogen) atoms. The minimum atomic E-state index is -0.147. The molecule has 0 aliphatic carbocycles. The predicted octanol–water partition coefficient (Wildman–Crippen LogP) is 5.13. The molecule has 0 radical (unpaired) electrons. The number of hydrogen-bond acceptors (Lipinski definition) is 3. The summed E-state index contributed by atoms with van der Waals surface area (Å²) in [5.74, 6) is -0.147. The molecule has 5 heteroatoms. The molecule has 0 saturated carbocycles. The smallest absolute Gasteiger partial charge is 0.257 e. The molecule has 0 atom stereocenters. The normalized spacial score (nSPS) is 10.9. The molecule has 112 valence electrons. The SMILES string of the molecule is Cc1ccc(C(=O)Nc2nc3c(C)c(Cl)ccc3s2)cc1C. The van der Waals surface area contributed by atoms with Gasteiger partial charge in [-0.2, -0.15) is 0 Å². The van der Waals surface area contributed by atoms with Crippen molar-refractivity contribution in [1.29, 1.82) is 0 Å². The van der Waals surface area contributed by atoms with Gasteiger partial charge in [-0.05, 0) is 61.7 Å². The quantitative estimate of drug-likeness (QED) is 0.708. The van der Waals surface area contributed by atoms with E-state index in [1.807, 2.05) is 51.1 Å². The van der Waals surface area contributed by atoms with E-state index in [9.17, 15) is 4.79 Å². The van der Waals surface area contributed by atoms with Crippen molar-refractivity contribution in [2.75, 3.05) is 5.32 Å². The molecule has 3 aromatic rings. The molecular formula is C17H15ClN2OS. The van der Waals surface area contributed by atoms with Crippen molar-refractivity contribution in [2.24, 2.45) is 0 Å². The largest absolute Gasteiger partial charge is 0.298 e. The average molecular weight is 331 g/mol. The summed E-state index contributed by atoms with van der Waals surface area (Å²) in [6.45, 7) is 5.95. The third-order valence-electron chi connectivity index (χ3n) is 3.74. The zero-order valence-electron chi connectivity index (χ0n) is 12.5. The van der Waals surface area contributed by atoms with Crippen LogP contribution in [0.5, 0.6) is 0 Å². The summed E-state index contributed by atoms with van der Waals surface area (Å²) < 4.78 is 1.01. The summed E-state index contributed by atoms with van der Waals surface area (Å²) in [7, 11) is 0. The number of amides is 1. The van der Waals surface area contributed by atoms with Crippen molar-refractivity contribution >= 4 is 44.2 Å². The Hall–Kier alpha value is -1.91. The van der Waals surface area contributed by atoms with Gasteiger partial charge in [0.1, 0.15) is 0 Å². The van der Waals surface area contributed by atoms with Crippen molar-refractivity contribution in [3.63, 3.8) is 0 Å². The van der Waals surface area contributed by atoms with E-state index in [0.717, 1.165) is 21.3 Å². The first-order valence-corrected chi connectivity index (χ1v) is 8.09. The number of nitrogens with one attached hydrogen (secondary N) is 1. The Balaban J connectivity index is 1.90. The fourth-order valence-corrected chi connectivity index (χ4v) is 3.28. The Morgan fingerprint density at radius 1 is 1.14 bits per heavy atom. The van der Waals surface area contributed by atoms with Crippen LogP contribution < -0.4 is 5.32 Å². The van der Waals surface area contributed by atoms with Crippen LogP contribution in [0, 0.1) is 20.8 Å². The third-order valence-corrected chi connectivity index (χ3v) is 5.08. The minimum absolute atomic E-state index is 0.147. The number of nitrogens with zero attached hydrogens (tertiary/aromatic N) is 1. The molecule has 0 saturated heterocycles. The van der Waals surface area contributed by atoms with Gasteiger partial charge in [-0.15, -0.1) is 0 Å². The van der Waals surface area contributed by atoms with E-state index in [-0.39, 0.29) is 5.91 Å². The van der Waals surface area contributed by atoms with E-state index in [2.05, 4.69) is 10.3 Å². The van der Waals surface area contributed by atoms with E-state index in [1.165, 1.54) is 16.9 Å². The number of carbonyl (C=O) groups excluding carboxylic acids is 1. The number of aryl methyl sites for hydroxylation is 3. The predicted molar refractivity (Wildman–Crippen MR) is 93.2 cm³/mol. The van der Waals surface area contributed by atoms with Crippen LogP contribution in [-0.4, -0.2) is 10.9 Å². The van der Waals surface area contributed by atoms with Gasteiger partial charge in [-0.25, -0.2) is 4.98 Å². The first-order chi connectivity index (χ1) is 10.5. The fraction of sp³-hybridized carbons (Fsp3) is 0.176. The fourth-order valence-electron chi connectivity index (χ4n) is 2.21. The molecular weight excluding hydrogens is 316 g/mol. The molecule has 3 nitrogen and oxygen atoms in total. The van der Waals surface area contributed by atoms with Crippen molar-refractivity contribution < 1.29 is 4.79 Å². The molecule has 0 bridgehead atoms. The molecule has 1 N–H and O–H groups in total. The Kier molecular flexibility index (Phi) is 3.89. The molecule has 1 amide bonds. The van der Waals surface area contributed by atoms with Gasteiger partial charge < -0.3 is 0 Å². The summed E-state index contributed by atoms with van der Waals surface area (Å²) in [6.07, 6.45) is 0. The van der Waals surface area contributed by atoms with Gasteiger partial charge in [0.15, 0.2) is 5.13 Å².